The molecule has 0 bridgehead atoms. The second-order valence-electron chi connectivity index (χ2n) is 6.70. The van der Waals surface area contributed by atoms with Gasteiger partial charge in [-0.05, 0) is 74.0 Å². The molecule has 3 rings (SSSR count). The van der Waals surface area contributed by atoms with Crippen LogP contribution in [0.3, 0.4) is 0 Å². The highest BCUT2D eigenvalue weighted by Crippen LogP contribution is 2.22. The van der Waals surface area contributed by atoms with Crippen LogP contribution in [0.4, 0.5) is 11.4 Å². The fraction of sp³-hybridized carbons (Fsp3) is 0.167. The van der Waals surface area contributed by atoms with Crippen LogP contribution in [0.1, 0.15) is 22.8 Å². The molecule has 7 heteroatoms. The maximum Gasteiger partial charge on any atom is 0.262 e. The summed E-state index contributed by atoms with van der Waals surface area (Å²) in [5.41, 5.74) is 2.21. The molecule has 0 unspecified atom stereocenters. The number of aryl methyl sites for hydroxylation is 1. The van der Waals surface area contributed by atoms with Crippen molar-refractivity contribution in [2.45, 2.75) is 13.8 Å². The first kappa shape index (κ1) is 22.2. The summed E-state index contributed by atoms with van der Waals surface area (Å²) in [7, 11) is 0. The lowest BCUT2D eigenvalue weighted by Gasteiger charge is -2.13. The summed E-state index contributed by atoms with van der Waals surface area (Å²) >= 11 is 6.00. The quantitative estimate of drug-likeness (QED) is 0.499. The van der Waals surface area contributed by atoms with Crippen molar-refractivity contribution in [1.29, 1.82) is 0 Å². The van der Waals surface area contributed by atoms with E-state index in [-0.39, 0.29) is 18.4 Å². The van der Waals surface area contributed by atoms with E-state index in [2.05, 4.69) is 10.6 Å². The molecule has 31 heavy (non-hydrogen) atoms. The number of hydrogen-bond donors (Lipinski definition) is 2. The summed E-state index contributed by atoms with van der Waals surface area (Å²) in [6, 6.07) is 19.0. The predicted octanol–water partition coefficient (Wildman–Crippen LogP) is 5.32. The molecule has 0 spiro atoms. The van der Waals surface area contributed by atoms with E-state index in [9.17, 15) is 9.59 Å². The first-order valence-electron chi connectivity index (χ1n) is 9.78. The Labute approximate surface area is 186 Å². The number of benzene rings is 3. The van der Waals surface area contributed by atoms with Crippen LogP contribution in [0.5, 0.6) is 11.5 Å². The third-order valence-corrected chi connectivity index (χ3v) is 4.79. The molecule has 0 saturated carbocycles. The molecule has 0 saturated heterocycles. The van der Waals surface area contributed by atoms with Gasteiger partial charge in [0.1, 0.15) is 11.5 Å². The van der Waals surface area contributed by atoms with E-state index in [1.54, 1.807) is 66.7 Å². The Bertz CT molecular complexity index is 1070. The number of nitrogens with one attached hydrogen (secondary N) is 2. The second kappa shape index (κ2) is 10.5. The van der Waals surface area contributed by atoms with Gasteiger partial charge in [-0.2, -0.15) is 0 Å². The van der Waals surface area contributed by atoms with Gasteiger partial charge in [0.05, 0.1) is 17.9 Å². The van der Waals surface area contributed by atoms with Crippen LogP contribution in [0.2, 0.25) is 5.02 Å². The molecule has 0 aliphatic rings. The first-order chi connectivity index (χ1) is 15.0. The lowest BCUT2D eigenvalue weighted by atomic mass is 10.1. The minimum Gasteiger partial charge on any atom is -0.494 e. The van der Waals surface area contributed by atoms with Crippen molar-refractivity contribution >= 4 is 34.8 Å². The normalized spacial score (nSPS) is 10.3. The Morgan fingerprint density at radius 3 is 2.32 bits per heavy atom. The van der Waals surface area contributed by atoms with Gasteiger partial charge in [-0.25, -0.2) is 0 Å². The van der Waals surface area contributed by atoms with E-state index in [1.807, 2.05) is 13.8 Å². The lowest BCUT2D eigenvalue weighted by molar-refractivity contribution is -0.118. The Kier molecular flexibility index (Phi) is 7.51. The largest absolute Gasteiger partial charge is 0.494 e. The fourth-order valence-corrected chi connectivity index (χ4v) is 2.95. The van der Waals surface area contributed by atoms with E-state index in [4.69, 9.17) is 21.1 Å². The zero-order valence-electron chi connectivity index (χ0n) is 17.3. The van der Waals surface area contributed by atoms with Crippen molar-refractivity contribution in [3.05, 3.63) is 82.9 Å². The van der Waals surface area contributed by atoms with E-state index in [1.165, 1.54) is 0 Å². The highest BCUT2D eigenvalue weighted by Gasteiger charge is 2.14. The van der Waals surface area contributed by atoms with Crippen LogP contribution in [0.15, 0.2) is 66.7 Å². The monoisotopic (exact) mass is 438 g/mol. The molecule has 0 aliphatic carbocycles. The van der Waals surface area contributed by atoms with Crippen molar-refractivity contribution < 1.29 is 19.1 Å². The van der Waals surface area contributed by atoms with E-state index >= 15 is 0 Å². The van der Waals surface area contributed by atoms with Gasteiger partial charge in [0.2, 0.25) is 0 Å². The molecule has 0 aliphatic heterocycles. The molecule has 0 aromatic heterocycles. The molecule has 3 aromatic rings. The van der Waals surface area contributed by atoms with Crippen LogP contribution in [-0.4, -0.2) is 25.0 Å². The molecule has 0 fully saturated rings. The SMILES string of the molecule is CCOc1ccc(NC(=O)c2ccccc2NC(=O)COc2ccc(Cl)c(C)c2)cc1. The van der Waals surface area contributed by atoms with Crippen LogP contribution < -0.4 is 20.1 Å². The van der Waals surface area contributed by atoms with Gasteiger partial charge in [-0.15, -0.1) is 0 Å². The number of para-hydroxylation sites is 1. The van der Waals surface area contributed by atoms with Crippen LogP contribution >= 0.6 is 11.6 Å². The van der Waals surface area contributed by atoms with Crippen LogP contribution in [0.25, 0.3) is 0 Å². The maximum atomic E-state index is 12.7. The molecular formula is C24H23ClN2O4. The summed E-state index contributed by atoms with van der Waals surface area (Å²) in [5.74, 6) is 0.547. The summed E-state index contributed by atoms with van der Waals surface area (Å²) < 4.78 is 10.9. The summed E-state index contributed by atoms with van der Waals surface area (Å²) in [6.45, 7) is 4.13. The Morgan fingerprint density at radius 2 is 1.61 bits per heavy atom. The lowest BCUT2D eigenvalue weighted by Crippen LogP contribution is -2.22. The average Bonchev–Trinajstić information content (AvgIpc) is 2.76. The van der Waals surface area contributed by atoms with E-state index in [0.29, 0.717) is 34.3 Å². The number of carbonyl (C=O) groups excluding carboxylic acids is 2. The van der Waals surface area contributed by atoms with Gasteiger partial charge in [0.25, 0.3) is 11.8 Å². The second-order valence-corrected chi connectivity index (χ2v) is 7.11. The van der Waals surface area contributed by atoms with E-state index in [0.717, 1.165) is 11.3 Å². The number of carbonyl (C=O) groups is 2. The van der Waals surface area contributed by atoms with Gasteiger partial charge in [0, 0.05) is 10.7 Å². The number of anilines is 2. The summed E-state index contributed by atoms with van der Waals surface area (Å²) in [5, 5.41) is 6.18. The third-order valence-electron chi connectivity index (χ3n) is 4.37. The van der Waals surface area contributed by atoms with Crippen molar-refractivity contribution in [2.24, 2.45) is 0 Å². The van der Waals surface area contributed by atoms with Crippen molar-refractivity contribution in [3.63, 3.8) is 0 Å². The standard InChI is InChI=1S/C24H23ClN2O4/c1-3-30-18-10-8-17(9-11-18)26-24(29)20-6-4-5-7-22(20)27-23(28)15-31-19-12-13-21(25)16(2)14-19/h4-14H,3,15H2,1-2H3,(H,26,29)(H,27,28). The fourth-order valence-electron chi connectivity index (χ4n) is 2.83. The molecule has 3 aromatic carbocycles. The highest BCUT2D eigenvalue weighted by molar-refractivity contribution is 6.31. The predicted molar refractivity (Wildman–Crippen MR) is 122 cm³/mol. The molecule has 0 radical (unpaired) electrons. The molecule has 2 N–H and O–H groups in total. The third kappa shape index (κ3) is 6.23. The van der Waals surface area contributed by atoms with Gasteiger partial charge in [-0.1, -0.05) is 23.7 Å². The number of rotatable bonds is 8. The first-order valence-corrected chi connectivity index (χ1v) is 10.2. The van der Waals surface area contributed by atoms with Crippen LogP contribution in [-0.2, 0) is 4.79 Å². The van der Waals surface area contributed by atoms with Gasteiger partial charge in [-0.3, -0.25) is 9.59 Å². The maximum absolute atomic E-state index is 12.7. The minimum atomic E-state index is -0.381. The van der Waals surface area contributed by atoms with Gasteiger partial charge in [0.15, 0.2) is 6.61 Å². The van der Waals surface area contributed by atoms with Gasteiger partial charge < -0.3 is 20.1 Å². The average molecular weight is 439 g/mol. The Morgan fingerprint density at radius 1 is 0.903 bits per heavy atom. The van der Waals surface area contributed by atoms with Crippen molar-refractivity contribution in [2.75, 3.05) is 23.8 Å². The number of ether oxygens (including phenoxy) is 2. The molecular weight excluding hydrogens is 416 g/mol. The molecule has 2 amide bonds. The summed E-state index contributed by atoms with van der Waals surface area (Å²) in [4.78, 5) is 25.1. The smallest absolute Gasteiger partial charge is 0.262 e. The van der Waals surface area contributed by atoms with Gasteiger partial charge >= 0.3 is 0 Å². The van der Waals surface area contributed by atoms with Crippen molar-refractivity contribution in [3.8, 4) is 11.5 Å². The minimum absolute atomic E-state index is 0.198. The highest BCUT2D eigenvalue weighted by atomic mass is 35.5. The number of hydrogen-bond acceptors (Lipinski definition) is 4. The van der Waals surface area contributed by atoms with E-state index < -0.39 is 0 Å². The molecule has 160 valence electrons. The summed E-state index contributed by atoms with van der Waals surface area (Å²) in [6.07, 6.45) is 0. The van der Waals surface area contributed by atoms with Crippen LogP contribution in [0, 0.1) is 6.92 Å². The topological polar surface area (TPSA) is 76.7 Å². The molecule has 6 nitrogen and oxygen atoms in total. The zero-order chi connectivity index (χ0) is 22.2. The molecule has 0 heterocycles. The van der Waals surface area contributed by atoms with Crippen molar-refractivity contribution in [1.82, 2.24) is 0 Å². The Balaban J connectivity index is 1.62. The number of halogens is 1. The molecule has 0 atom stereocenters. The zero-order valence-corrected chi connectivity index (χ0v) is 18.0. The Hall–Kier alpha value is -3.51. The number of amides is 2.